The number of nitrogens with zero attached hydrogens (tertiary/aromatic N) is 1. The number of likely N-dealkylation sites (tertiary alicyclic amines) is 1. The molecule has 0 saturated carbocycles. The lowest BCUT2D eigenvalue weighted by atomic mass is 9.88. The van der Waals surface area contributed by atoms with Gasteiger partial charge in [-0.1, -0.05) is 18.2 Å². The zero-order valence-electron chi connectivity index (χ0n) is 12.9. The largest absolute Gasteiger partial charge is 0.550 e. The first-order valence-electron chi connectivity index (χ1n) is 7.15. The Hall–Kier alpha value is -2.24. The molecule has 6 heteroatoms. The van der Waals surface area contributed by atoms with Gasteiger partial charge in [-0.05, 0) is 32.4 Å². The van der Waals surface area contributed by atoms with Crippen molar-refractivity contribution in [3.05, 3.63) is 29.8 Å². The molecule has 1 fully saturated rings. The second-order valence-corrected chi connectivity index (χ2v) is 6.48. The van der Waals surface area contributed by atoms with Crippen LogP contribution in [0.4, 0.5) is 4.79 Å². The van der Waals surface area contributed by atoms with Gasteiger partial charge < -0.3 is 24.6 Å². The van der Waals surface area contributed by atoms with E-state index >= 15 is 0 Å². The number of amides is 1. The fourth-order valence-electron chi connectivity index (χ4n) is 2.63. The second-order valence-electron chi connectivity index (χ2n) is 6.48. The lowest BCUT2D eigenvalue weighted by Gasteiger charge is -2.24. The van der Waals surface area contributed by atoms with Crippen LogP contribution in [0.5, 0.6) is 5.75 Å². The average Bonchev–Trinajstić information content (AvgIpc) is 2.82. The second kappa shape index (κ2) is 5.87. The fourth-order valence-corrected chi connectivity index (χ4v) is 2.63. The number of hydrogen-bond acceptors (Lipinski definition) is 5. The minimum absolute atomic E-state index is 0.0102. The molecule has 1 aromatic rings. The van der Waals surface area contributed by atoms with Gasteiger partial charge in [-0.2, -0.15) is 0 Å². The molecule has 0 aliphatic carbocycles. The van der Waals surface area contributed by atoms with Crippen LogP contribution < -0.4 is 5.11 Å². The normalized spacial score (nSPS) is 21.7. The summed E-state index contributed by atoms with van der Waals surface area (Å²) >= 11 is 0. The molecule has 1 aliphatic heterocycles. The van der Waals surface area contributed by atoms with Crippen LogP contribution in [-0.4, -0.2) is 40.8 Å². The van der Waals surface area contributed by atoms with Gasteiger partial charge >= 0.3 is 6.09 Å². The molecule has 2 rings (SSSR count). The predicted molar refractivity (Wildman–Crippen MR) is 77.2 cm³/mol. The van der Waals surface area contributed by atoms with E-state index in [2.05, 4.69) is 0 Å². The Morgan fingerprint density at radius 2 is 1.91 bits per heavy atom. The van der Waals surface area contributed by atoms with Crippen LogP contribution in [0.3, 0.4) is 0 Å². The first-order valence-corrected chi connectivity index (χ1v) is 7.15. The number of aromatic hydroxyl groups is 1. The van der Waals surface area contributed by atoms with Crippen molar-refractivity contribution in [2.24, 2.45) is 5.92 Å². The van der Waals surface area contributed by atoms with Gasteiger partial charge in [-0.25, -0.2) is 4.79 Å². The molecule has 1 saturated heterocycles. The summed E-state index contributed by atoms with van der Waals surface area (Å²) in [6, 6.07) is 6.54. The molecule has 120 valence electrons. The first kappa shape index (κ1) is 16.1. The van der Waals surface area contributed by atoms with Crippen LogP contribution >= 0.6 is 0 Å². The number of carbonyl (C=O) groups excluding carboxylic acids is 2. The third-order valence-electron chi connectivity index (χ3n) is 3.61. The van der Waals surface area contributed by atoms with E-state index in [1.807, 2.05) is 0 Å². The van der Waals surface area contributed by atoms with Crippen molar-refractivity contribution in [3.8, 4) is 5.75 Å². The summed E-state index contributed by atoms with van der Waals surface area (Å²) < 4.78 is 5.28. The van der Waals surface area contributed by atoms with E-state index in [4.69, 9.17) is 4.74 Å². The number of para-hydroxylation sites is 1. The molecule has 0 spiro atoms. The van der Waals surface area contributed by atoms with Crippen LogP contribution in [0, 0.1) is 5.92 Å². The van der Waals surface area contributed by atoms with Crippen molar-refractivity contribution in [2.75, 3.05) is 13.1 Å². The molecular weight excluding hydrogens is 286 g/mol. The van der Waals surface area contributed by atoms with Crippen molar-refractivity contribution in [1.29, 1.82) is 0 Å². The van der Waals surface area contributed by atoms with Crippen molar-refractivity contribution in [1.82, 2.24) is 4.90 Å². The molecule has 1 heterocycles. The summed E-state index contributed by atoms with van der Waals surface area (Å²) in [5.41, 5.74) is -0.149. The fraction of sp³-hybridized carbons (Fsp3) is 0.500. The van der Waals surface area contributed by atoms with Crippen LogP contribution in [0.25, 0.3) is 0 Å². The summed E-state index contributed by atoms with van der Waals surface area (Å²) in [5, 5.41) is 21.3. The number of carboxylic acids is 1. The predicted octanol–water partition coefficient (Wildman–Crippen LogP) is 1.09. The molecule has 0 unspecified atom stereocenters. The van der Waals surface area contributed by atoms with E-state index in [9.17, 15) is 19.8 Å². The highest BCUT2D eigenvalue weighted by Gasteiger charge is 2.39. The number of phenolic OH excluding ortho intramolecular Hbond substituents is 1. The lowest BCUT2D eigenvalue weighted by molar-refractivity contribution is -0.311. The lowest BCUT2D eigenvalue weighted by Crippen LogP contribution is -2.38. The van der Waals surface area contributed by atoms with Gasteiger partial charge in [0.05, 0.1) is 0 Å². The number of carbonyl (C=O) groups is 2. The van der Waals surface area contributed by atoms with E-state index in [1.54, 1.807) is 39.0 Å². The maximum Gasteiger partial charge on any atom is 0.410 e. The Morgan fingerprint density at radius 1 is 1.27 bits per heavy atom. The zero-order chi connectivity index (χ0) is 16.5. The Morgan fingerprint density at radius 3 is 2.45 bits per heavy atom. The molecule has 6 nitrogen and oxygen atoms in total. The molecule has 0 aromatic heterocycles. The van der Waals surface area contributed by atoms with Gasteiger partial charge in [0.15, 0.2) is 0 Å². The maximum absolute atomic E-state index is 12.1. The first-order chi connectivity index (χ1) is 10.2. The number of hydrogen-bond donors (Lipinski definition) is 1. The molecule has 1 aliphatic rings. The summed E-state index contributed by atoms with van der Waals surface area (Å²) in [4.78, 5) is 24.8. The Balaban J connectivity index is 2.22. The Kier molecular flexibility index (Phi) is 4.30. The van der Waals surface area contributed by atoms with E-state index in [0.29, 0.717) is 5.56 Å². The molecule has 1 N–H and O–H groups in total. The maximum atomic E-state index is 12.1. The minimum atomic E-state index is -1.24. The number of rotatable bonds is 2. The van der Waals surface area contributed by atoms with Crippen molar-refractivity contribution in [2.45, 2.75) is 32.3 Å². The monoisotopic (exact) mass is 306 g/mol. The SMILES string of the molecule is CC(C)(C)OC(=O)N1C[C@H](C(=O)[O-])[C@@H](c2ccccc2O)C1. The third kappa shape index (κ3) is 3.50. The summed E-state index contributed by atoms with van der Waals surface area (Å²) in [5.74, 6) is -2.61. The molecule has 1 aromatic carbocycles. The highest BCUT2D eigenvalue weighted by Crippen LogP contribution is 2.37. The summed E-state index contributed by atoms with van der Waals surface area (Å²) in [6.07, 6.45) is -0.559. The van der Waals surface area contributed by atoms with Gasteiger partial charge in [0, 0.05) is 30.9 Å². The number of phenols is 1. The Bertz CT molecular complexity index is 578. The smallest absolute Gasteiger partial charge is 0.410 e. The summed E-state index contributed by atoms with van der Waals surface area (Å²) in [6.45, 7) is 5.43. The minimum Gasteiger partial charge on any atom is -0.550 e. The zero-order valence-corrected chi connectivity index (χ0v) is 12.9. The molecule has 1 amide bonds. The van der Waals surface area contributed by atoms with E-state index in [0.717, 1.165) is 0 Å². The van der Waals surface area contributed by atoms with Crippen LogP contribution in [0.1, 0.15) is 32.3 Å². The summed E-state index contributed by atoms with van der Waals surface area (Å²) in [7, 11) is 0. The molecule has 0 radical (unpaired) electrons. The van der Waals surface area contributed by atoms with Crippen LogP contribution in [0.2, 0.25) is 0 Å². The molecular formula is C16H20NO5-. The third-order valence-corrected chi connectivity index (χ3v) is 3.61. The Labute approximate surface area is 129 Å². The number of benzene rings is 1. The molecule has 22 heavy (non-hydrogen) atoms. The van der Waals surface area contributed by atoms with Crippen molar-refractivity contribution < 1.29 is 24.5 Å². The molecule has 2 atom stereocenters. The van der Waals surface area contributed by atoms with Gasteiger partial charge in [0.25, 0.3) is 0 Å². The van der Waals surface area contributed by atoms with Crippen molar-refractivity contribution in [3.63, 3.8) is 0 Å². The standard InChI is InChI=1S/C16H21NO5/c1-16(2,3)22-15(21)17-8-11(12(9-17)14(19)20)10-6-4-5-7-13(10)18/h4-7,11-12,18H,8-9H2,1-3H3,(H,19,20)/p-1/t11-,12+/m1/s1. The van der Waals surface area contributed by atoms with Crippen LogP contribution in [-0.2, 0) is 9.53 Å². The topological polar surface area (TPSA) is 89.9 Å². The average molecular weight is 306 g/mol. The number of carboxylic acid groups (broad SMARTS) is 1. The van der Waals surface area contributed by atoms with Gasteiger partial charge in [-0.15, -0.1) is 0 Å². The van der Waals surface area contributed by atoms with E-state index < -0.39 is 29.5 Å². The van der Waals surface area contributed by atoms with E-state index in [1.165, 1.54) is 11.0 Å². The quantitative estimate of drug-likeness (QED) is 0.883. The van der Waals surface area contributed by atoms with Gasteiger partial charge in [0.1, 0.15) is 11.4 Å². The van der Waals surface area contributed by atoms with E-state index in [-0.39, 0.29) is 18.8 Å². The van der Waals surface area contributed by atoms with Crippen molar-refractivity contribution >= 4 is 12.1 Å². The van der Waals surface area contributed by atoms with Gasteiger partial charge in [-0.3, -0.25) is 0 Å². The highest BCUT2D eigenvalue weighted by molar-refractivity contribution is 5.75. The number of ether oxygens (including phenoxy) is 1. The highest BCUT2D eigenvalue weighted by atomic mass is 16.6. The van der Waals surface area contributed by atoms with Gasteiger partial charge in [0.2, 0.25) is 0 Å². The molecule has 0 bridgehead atoms. The van der Waals surface area contributed by atoms with Crippen LogP contribution in [0.15, 0.2) is 24.3 Å². The number of aliphatic carboxylic acids is 1.